The molecule has 3 rings (SSSR count). The van der Waals surface area contributed by atoms with Crippen molar-refractivity contribution in [3.63, 3.8) is 0 Å². The fraction of sp³-hybridized carbons (Fsp3) is 0.400. The number of carboxylic acid groups (broad SMARTS) is 1. The van der Waals surface area contributed by atoms with Gasteiger partial charge >= 0.3 is 17.9 Å². The Hall–Kier alpha value is -4.14. The van der Waals surface area contributed by atoms with Crippen LogP contribution in [0.25, 0.3) is 0 Å². The fourth-order valence-electron chi connectivity index (χ4n) is 4.44. The molecule has 2 aromatic carbocycles. The molecular weight excluding hydrogens is 502 g/mol. The Labute approximate surface area is 228 Å². The largest absolute Gasteiger partial charge is 0.496 e. The van der Waals surface area contributed by atoms with E-state index < -0.39 is 17.9 Å². The normalized spacial score (nSPS) is 12.5. The van der Waals surface area contributed by atoms with Crippen LogP contribution in [0.5, 0.6) is 11.5 Å². The van der Waals surface area contributed by atoms with Gasteiger partial charge in [0.25, 0.3) is 0 Å². The van der Waals surface area contributed by atoms with Crippen molar-refractivity contribution in [2.45, 2.75) is 65.4 Å². The topological polar surface area (TPSA) is 128 Å². The first-order chi connectivity index (χ1) is 18.7. The minimum absolute atomic E-state index is 0.00329. The van der Waals surface area contributed by atoms with E-state index in [-0.39, 0.29) is 55.9 Å². The maximum atomic E-state index is 12.8. The van der Waals surface area contributed by atoms with Gasteiger partial charge < -0.3 is 24.6 Å². The summed E-state index contributed by atoms with van der Waals surface area (Å²) in [6, 6.07) is 9.83. The highest BCUT2D eigenvalue weighted by Gasteiger charge is 2.34. The minimum Gasteiger partial charge on any atom is -0.496 e. The molecule has 208 valence electrons. The molecule has 9 nitrogen and oxygen atoms in total. The van der Waals surface area contributed by atoms with E-state index in [0.717, 1.165) is 23.1 Å². The molecule has 2 N–H and O–H groups in total. The van der Waals surface area contributed by atoms with Crippen LogP contribution in [0, 0.1) is 6.92 Å². The number of amides is 1. The maximum Gasteiger partial charge on any atom is 0.342 e. The molecule has 0 aromatic heterocycles. The van der Waals surface area contributed by atoms with E-state index >= 15 is 0 Å². The molecule has 0 aliphatic carbocycles. The van der Waals surface area contributed by atoms with Crippen LogP contribution in [0.4, 0.5) is 0 Å². The number of benzene rings is 2. The number of methoxy groups -OCH3 is 1. The summed E-state index contributed by atoms with van der Waals surface area (Å²) in [6.07, 6.45) is 3.63. The number of carbonyl (C=O) groups is 4. The molecule has 1 amide bonds. The number of ether oxygens (including phenoxy) is 3. The van der Waals surface area contributed by atoms with Crippen molar-refractivity contribution in [3.05, 3.63) is 69.8 Å². The molecule has 1 heterocycles. The monoisotopic (exact) mass is 537 g/mol. The molecule has 0 unspecified atom stereocenters. The van der Waals surface area contributed by atoms with Crippen molar-refractivity contribution < 1.29 is 38.5 Å². The average Bonchev–Trinajstić information content (AvgIpc) is 3.30. The standard InChI is InChI=1S/C30H35NO8/c1-19(13-15-25(33)34)12-14-22-28(37-3)20(2)23-18-38-30(36)27(23)29(22)39-26(35)11-7-10-24(32)31-17-16-21-8-5-4-6-9-21/h4-6,8-9,12H,7,10-11,13-18H2,1-3H3,(H,31,32)(H,33,34). The van der Waals surface area contributed by atoms with Crippen LogP contribution in [-0.4, -0.2) is 42.6 Å². The number of allylic oxidation sites excluding steroid dienone is 2. The number of rotatable bonds is 14. The van der Waals surface area contributed by atoms with E-state index in [0.29, 0.717) is 29.8 Å². The van der Waals surface area contributed by atoms with Gasteiger partial charge in [-0.15, -0.1) is 0 Å². The molecular formula is C30H35NO8. The highest BCUT2D eigenvalue weighted by atomic mass is 16.6. The van der Waals surface area contributed by atoms with Gasteiger partial charge in [0.1, 0.15) is 17.9 Å². The number of hydrogen-bond acceptors (Lipinski definition) is 7. The predicted molar refractivity (Wildman–Crippen MR) is 144 cm³/mol. The van der Waals surface area contributed by atoms with Gasteiger partial charge in [-0.05, 0) is 50.7 Å². The van der Waals surface area contributed by atoms with Gasteiger partial charge in [-0.1, -0.05) is 42.0 Å². The maximum absolute atomic E-state index is 12.8. The van der Waals surface area contributed by atoms with Crippen LogP contribution < -0.4 is 14.8 Å². The summed E-state index contributed by atoms with van der Waals surface area (Å²) in [6.45, 7) is 4.19. The van der Waals surface area contributed by atoms with E-state index in [1.807, 2.05) is 50.3 Å². The van der Waals surface area contributed by atoms with Gasteiger partial charge in [0.2, 0.25) is 5.91 Å². The van der Waals surface area contributed by atoms with Crippen molar-refractivity contribution in [1.82, 2.24) is 5.32 Å². The quantitative estimate of drug-likeness (QED) is 0.205. The Morgan fingerprint density at radius 1 is 1.08 bits per heavy atom. The average molecular weight is 538 g/mol. The number of hydrogen-bond donors (Lipinski definition) is 2. The predicted octanol–water partition coefficient (Wildman–Crippen LogP) is 4.46. The van der Waals surface area contributed by atoms with Crippen LogP contribution in [0.15, 0.2) is 42.0 Å². The SMILES string of the molecule is COc1c(C)c2c(c(OC(=O)CCCC(=O)NCCc3ccccc3)c1CC=C(C)CCC(=O)O)C(=O)OC2. The third-order valence-corrected chi connectivity index (χ3v) is 6.59. The number of fused-ring (bicyclic) bond motifs is 1. The molecule has 0 bridgehead atoms. The summed E-state index contributed by atoms with van der Waals surface area (Å²) in [7, 11) is 1.50. The summed E-state index contributed by atoms with van der Waals surface area (Å²) in [4.78, 5) is 48.6. The van der Waals surface area contributed by atoms with E-state index in [9.17, 15) is 19.2 Å². The summed E-state index contributed by atoms with van der Waals surface area (Å²) in [5.41, 5.74) is 4.00. The van der Waals surface area contributed by atoms with Crippen molar-refractivity contribution in [1.29, 1.82) is 0 Å². The van der Waals surface area contributed by atoms with Crippen LogP contribution in [0.3, 0.4) is 0 Å². The lowest BCUT2D eigenvalue weighted by atomic mass is 9.94. The third kappa shape index (κ3) is 8.17. The fourth-order valence-corrected chi connectivity index (χ4v) is 4.44. The van der Waals surface area contributed by atoms with E-state index in [2.05, 4.69) is 5.32 Å². The van der Waals surface area contributed by atoms with Crippen LogP contribution in [0.2, 0.25) is 0 Å². The summed E-state index contributed by atoms with van der Waals surface area (Å²) >= 11 is 0. The highest BCUT2D eigenvalue weighted by molar-refractivity contribution is 5.99. The molecule has 0 fully saturated rings. The van der Waals surface area contributed by atoms with Crippen LogP contribution in [0.1, 0.15) is 71.6 Å². The van der Waals surface area contributed by atoms with E-state index in [4.69, 9.17) is 19.3 Å². The molecule has 1 aliphatic heterocycles. The first kappa shape index (κ1) is 29.4. The Kier molecular flexibility index (Phi) is 10.7. The molecule has 0 radical (unpaired) electrons. The Morgan fingerprint density at radius 3 is 2.51 bits per heavy atom. The van der Waals surface area contributed by atoms with Crippen molar-refractivity contribution in [2.24, 2.45) is 0 Å². The summed E-state index contributed by atoms with van der Waals surface area (Å²) in [5, 5.41) is 11.8. The van der Waals surface area contributed by atoms with Crippen LogP contribution >= 0.6 is 0 Å². The van der Waals surface area contributed by atoms with Gasteiger partial charge in [-0.2, -0.15) is 0 Å². The van der Waals surface area contributed by atoms with Gasteiger partial charge in [-0.3, -0.25) is 14.4 Å². The number of nitrogens with one attached hydrogen (secondary N) is 1. The third-order valence-electron chi connectivity index (χ3n) is 6.59. The molecule has 39 heavy (non-hydrogen) atoms. The van der Waals surface area contributed by atoms with Crippen molar-refractivity contribution in [2.75, 3.05) is 13.7 Å². The Morgan fingerprint density at radius 2 is 1.82 bits per heavy atom. The molecule has 0 saturated carbocycles. The second-order valence-corrected chi connectivity index (χ2v) is 9.46. The van der Waals surface area contributed by atoms with E-state index in [1.54, 1.807) is 0 Å². The van der Waals surface area contributed by atoms with Gasteiger partial charge in [0, 0.05) is 36.9 Å². The highest BCUT2D eigenvalue weighted by Crippen LogP contribution is 2.43. The zero-order valence-corrected chi connectivity index (χ0v) is 22.6. The Balaban J connectivity index is 1.67. The molecule has 0 atom stereocenters. The molecule has 0 spiro atoms. The Bertz CT molecular complexity index is 1250. The first-order valence-electron chi connectivity index (χ1n) is 13.0. The lowest BCUT2D eigenvalue weighted by molar-refractivity contribution is -0.137. The first-order valence-corrected chi connectivity index (χ1v) is 13.0. The zero-order chi connectivity index (χ0) is 28.4. The van der Waals surface area contributed by atoms with Gasteiger partial charge in [-0.25, -0.2) is 4.79 Å². The minimum atomic E-state index is -0.893. The molecule has 1 aliphatic rings. The zero-order valence-electron chi connectivity index (χ0n) is 22.6. The molecule has 9 heteroatoms. The summed E-state index contributed by atoms with van der Waals surface area (Å²) < 4.78 is 16.6. The number of cyclic esters (lactones) is 1. The number of aliphatic carboxylic acids is 1. The lowest BCUT2D eigenvalue weighted by Gasteiger charge is -2.19. The number of esters is 2. The van der Waals surface area contributed by atoms with Crippen molar-refractivity contribution in [3.8, 4) is 11.5 Å². The van der Waals surface area contributed by atoms with Gasteiger partial charge in [0.05, 0.1) is 7.11 Å². The second-order valence-electron chi connectivity index (χ2n) is 9.46. The number of carbonyl (C=O) groups excluding carboxylic acids is 3. The van der Waals surface area contributed by atoms with E-state index in [1.165, 1.54) is 7.11 Å². The summed E-state index contributed by atoms with van der Waals surface area (Å²) in [5.74, 6) is -1.62. The van der Waals surface area contributed by atoms with Gasteiger partial charge in [0.15, 0.2) is 5.75 Å². The smallest absolute Gasteiger partial charge is 0.342 e. The second kappa shape index (κ2) is 14.1. The molecule has 0 saturated heterocycles. The lowest BCUT2D eigenvalue weighted by Crippen LogP contribution is -2.25. The van der Waals surface area contributed by atoms with Crippen molar-refractivity contribution >= 4 is 23.8 Å². The van der Waals surface area contributed by atoms with Crippen LogP contribution in [-0.2, 0) is 38.6 Å². The molecule has 2 aromatic rings. The number of carboxylic acids is 1.